The molecule has 0 heterocycles. The molecule has 0 spiro atoms. The third-order valence-electron chi connectivity index (χ3n) is 8.03. The van der Waals surface area contributed by atoms with Crippen LogP contribution in [0, 0.1) is 25.2 Å². The summed E-state index contributed by atoms with van der Waals surface area (Å²) in [5.74, 6) is 0.917. The smallest absolute Gasteiger partial charge is 0.0622 e. The molecule has 0 aliphatic rings. The summed E-state index contributed by atoms with van der Waals surface area (Å²) in [5, 5.41) is 8.79. The largest absolute Gasteiger partial charge is 1.00 e. The molecule has 6 rings (SSSR count). The fraction of sp³-hybridized carbons (Fsp3) is 0.133. The van der Waals surface area contributed by atoms with Gasteiger partial charge < -0.3 is 0 Å². The van der Waals surface area contributed by atoms with Gasteiger partial charge in [0.1, 0.15) is 0 Å². The van der Waals surface area contributed by atoms with Gasteiger partial charge in [0.25, 0.3) is 0 Å². The van der Waals surface area contributed by atoms with Crippen LogP contribution in [0.3, 0.4) is 0 Å². The first kappa shape index (κ1) is 39.0. The summed E-state index contributed by atoms with van der Waals surface area (Å²) in [4.78, 5) is 0. The van der Waals surface area contributed by atoms with Crippen molar-refractivity contribution in [3.63, 3.8) is 0 Å². The normalized spacial score (nSPS) is 11.3. The third kappa shape index (κ3) is 11.9. The van der Waals surface area contributed by atoms with Crippen LogP contribution >= 0.6 is 23.8 Å². The van der Waals surface area contributed by atoms with Gasteiger partial charge in [-0.2, -0.15) is 0 Å². The van der Waals surface area contributed by atoms with Crippen LogP contribution in [0.5, 0.6) is 0 Å². The quantitative estimate of drug-likeness (QED) is 0.0858. The van der Waals surface area contributed by atoms with Gasteiger partial charge in [-0.1, -0.05) is 196 Å². The van der Waals surface area contributed by atoms with Gasteiger partial charge in [0.2, 0.25) is 0 Å². The minimum atomic E-state index is -0.555. The Kier molecular flexibility index (Phi) is 16.1. The van der Waals surface area contributed by atoms with E-state index in [2.05, 4.69) is 203 Å². The van der Waals surface area contributed by atoms with Crippen molar-refractivity contribution in [1.29, 1.82) is 0 Å². The van der Waals surface area contributed by atoms with Crippen molar-refractivity contribution in [2.24, 2.45) is 5.41 Å². The molecule has 6 aromatic carbocycles. The van der Waals surface area contributed by atoms with E-state index < -0.39 is 23.8 Å². The van der Waals surface area contributed by atoms with E-state index in [0.29, 0.717) is 0 Å². The zero-order valence-electron chi connectivity index (χ0n) is 28.6. The molecule has 0 bridgehead atoms. The average molecular weight is 781 g/mol. The van der Waals surface area contributed by atoms with Crippen molar-refractivity contribution in [2.45, 2.75) is 13.8 Å². The van der Waals surface area contributed by atoms with Crippen LogP contribution in [0.15, 0.2) is 182 Å². The third-order valence-corrected chi connectivity index (χ3v) is 16.8. The summed E-state index contributed by atoms with van der Waals surface area (Å²) >= 11 is 0. The van der Waals surface area contributed by atoms with Crippen LogP contribution in [0.2, 0.25) is 0 Å². The van der Waals surface area contributed by atoms with E-state index in [-0.39, 0.29) is 24.9 Å². The maximum Gasteiger partial charge on any atom is 1.00 e. The monoisotopic (exact) mass is 781 g/mol. The molecule has 0 N–H and O–H groups in total. The van der Waals surface area contributed by atoms with E-state index in [4.69, 9.17) is 0 Å². The standard InChI is InChI=1S/C41H39P3.C4H7.Ru/c1-41(32-42(35-20-8-2-9-21-35)36-22-10-3-11-23-36,33-43(37-24-12-4-13-25-37)38-26-14-5-15-27-38)34-44(39-28-16-6-17-29-39)40-30-18-7-19-31-40;1-4(2)3;/h2-31H,32-34H2,1H3;1-2H2,3H3;/q;;+1. The van der Waals surface area contributed by atoms with E-state index in [0.717, 1.165) is 24.4 Å². The van der Waals surface area contributed by atoms with Gasteiger partial charge in [0, 0.05) is 0 Å². The summed E-state index contributed by atoms with van der Waals surface area (Å²) in [6.07, 6.45) is 3.44. The summed E-state index contributed by atoms with van der Waals surface area (Å²) < 4.78 is 0. The molecule has 0 aliphatic carbocycles. The molecule has 0 aromatic heterocycles. The second-order valence-corrected chi connectivity index (χ2v) is 19.2. The van der Waals surface area contributed by atoms with Gasteiger partial charge in [0.15, 0.2) is 0 Å². The number of hydrogen-bond donors (Lipinski definition) is 0. The molecule has 49 heavy (non-hydrogen) atoms. The van der Waals surface area contributed by atoms with Crippen molar-refractivity contribution in [2.75, 3.05) is 18.5 Å². The van der Waals surface area contributed by atoms with E-state index in [1.807, 2.05) is 6.92 Å². The van der Waals surface area contributed by atoms with Crippen molar-refractivity contribution >= 4 is 55.6 Å². The molecule has 0 saturated carbocycles. The summed E-state index contributed by atoms with van der Waals surface area (Å²) in [6, 6.07) is 67.7. The van der Waals surface area contributed by atoms with Crippen LogP contribution in [-0.4, -0.2) is 18.5 Å². The predicted molar refractivity (Wildman–Crippen MR) is 220 cm³/mol. The number of hydrogen-bond acceptors (Lipinski definition) is 0. The maximum atomic E-state index is 3.44. The summed E-state index contributed by atoms with van der Waals surface area (Å²) in [5.41, 5.74) is 0.0756. The summed E-state index contributed by atoms with van der Waals surface area (Å²) in [7, 11) is -1.66. The van der Waals surface area contributed by atoms with Gasteiger partial charge in [-0.25, -0.2) is 0 Å². The number of benzene rings is 6. The molecule has 0 saturated heterocycles. The Balaban J connectivity index is 0.00000103. The molecule has 0 aliphatic heterocycles. The fourth-order valence-electron chi connectivity index (χ4n) is 5.94. The van der Waals surface area contributed by atoms with E-state index in [1.54, 1.807) is 0 Å². The van der Waals surface area contributed by atoms with Gasteiger partial charge in [-0.15, -0.1) is 0 Å². The topological polar surface area (TPSA) is 0 Å². The zero-order valence-corrected chi connectivity index (χ0v) is 33.0. The molecule has 0 atom stereocenters. The van der Waals surface area contributed by atoms with Crippen molar-refractivity contribution < 1.29 is 19.5 Å². The first-order chi connectivity index (χ1) is 23.4. The summed E-state index contributed by atoms with van der Waals surface area (Å²) in [6.45, 7) is 11.4. The molecular formula is C45H46P3Ru+. The van der Waals surface area contributed by atoms with Crippen molar-refractivity contribution in [1.82, 2.24) is 0 Å². The molecule has 0 amide bonds. The zero-order chi connectivity index (χ0) is 33.6. The SMILES string of the molecule is CC(CP(c1ccccc1)c1ccccc1)(CP(c1ccccc1)c1ccccc1)CP(c1ccccc1)c1ccccc1.[CH2][C]([CH2])C.[Ru+]. The minimum absolute atomic E-state index is 0. The van der Waals surface area contributed by atoms with E-state index in [9.17, 15) is 0 Å². The number of rotatable bonds is 12. The van der Waals surface area contributed by atoms with Gasteiger partial charge in [0.05, 0.1) is 0 Å². The molecular weight excluding hydrogens is 734 g/mol. The predicted octanol–water partition coefficient (Wildman–Crippen LogP) is 9.64. The van der Waals surface area contributed by atoms with Crippen LogP contribution in [-0.2, 0) is 19.5 Å². The maximum absolute atomic E-state index is 3.44. The Morgan fingerprint density at radius 1 is 0.388 bits per heavy atom. The average Bonchev–Trinajstić information content (AvgIpc) is 3.14. The second-order valence-electron chi connectivity index (χ2n) is 12.5. The fourth-order valence-corrected chi connectivity index (χ4v) is 14.6. The molecule has 248 valence electrons. The Labute approximate surface area is 312 Å². The Hall–Kier alpha value is -2.77. The Morgan fingerprint density at radius 3 is 0.673 bits per heavy atom. The van der Waals surface area contributed by atoms with Crippen LogP contribution in [0.25, 0.3) is 0 Å². The molecule has 0 unspecified atom stereocenters. The van der Waals surface area contributed by atoms with Crippen molar-refractivity contribution in [3.05, 3.63) is 202 Å². The first-order valence-electron chi connectivity index (χ1n) is 16.5. The Bertz CT molecular complexity index is 1410. The van der Waals surface area contributed by atoms with Crippen LogP contribution in [0.4, 0.5) is 0 Å². The van der Waals surface area contributed by atoms with E-state index >= 15 is 0 Å². The minimum Gasteiger partial charge on any atom is -0.0622 e. The van der Waals surface area contributed by atoms with Gasteiger partial charge in [-0.3, -0.25) is 0 Å². The van der Waals surface area contributed by atoms with Gasteiger partial charge in [-0.05, 0) is 99.3 Å². The molecule has 0 nitrogen and oxygen atoms in total. The van der Waals surface area contributed by atoms with Crippen LogP contribution < -0.4 is 31.8 Å². The Morgan fingerprint density at radius 2 is 0.531 bits per heavy atom. The molecule has 6 aromatic rings. The van der Waals surface area contributed by atoms with Crippen molar-refractivity contribution in [3.8, 4) is 0 Å². The van der Waals surface area contributed by atoms with Gasteiger partial charge >= 0.3 is 19.5 Å². The molecule has 0 fully saturated rings. The molecule has 4 heteroatoms. The molecule has 4 radical (unpaired) electrons. The second kappa shape index (κ2) is 20.2. The first-order valence-corrected chi connectivity index (χ1v) is 21.1. The van der Waals surface area contributed by atoms with E-state index in [1.165, 1.54) is 31.8 Å². The van der Waals surface area contributed by atoms with Crippen LogP contribution in [0.1, 0.15) is 13.8 Å².